The van der Waals surface area contributed by atoms with E-state index >= 15 is 0 Å². The first kappa shape index (κ1) is 33.2. The number of carbonyl (C=O) groups is 1. The molecule has 0 bridgehead atoms. The summed E-state index contributed by atoms with van der Waals surface area (Å²) in [7, 11) is 3.42. The number of ether oxygens (including phenoxy) is 1. The number of alkyl halides is 3. The van der Waals surface area contributed by atoms with Crippen LogP contribution in [0.1, 0.15) is 51.9 Å². The van der Waals surface area contributed by atoms with Crippen LogP contribution in [-0.2, 0) is 31.1 Å². The predicted octanol–water partition coefficient (Wildman–Crippen LogP) is 5.57. The highest BCUT2D eigenvalue weighted by molar-refractivity contribution is 5.84. The van der Waals surface area contributed by atoms with Crippen LogP contribution >= 0.6 is 0 Å². The number of halogens is 3. The zero-order chi connectivity index (χ0) is 35.3. The van der Waals surface area contributed by atoms with Gasteiger partial charge in [-0.25, -0.2) is 4.98 Å². The lowest BCUT2D eigenvalue weighted by atomic mass is 9.78. The standard InChI is InChI=1S/C36H34F3N9O2/c1-46(16-29-26(17-49)9-24(11-30(29)36(37,38)39)15-48-18-34(19-48)20-50-21-34)32-13-25(12-31(43-32)44-35(5-6-35)7-8-40)28-10-23(14-41)3-4-27(28)33-45-42-22-47(33)2/h3-4,9-13,17,22H,5-7,15-16,18-21H2,1-2H3,(H,43,44). The number of nitrogens with zero attached hydrogens (tertiary/aromatic N) is 8. The number of hydrogen-bond donors (Lipinski definition) is 1. The van der Waals surface area contributed by atoms with Gasteiger partial charge in [-0.3, -0.25) is 9.69 Å². The maximum Gasteiger partial charge on any atom is 0.416 e. The number of pyridine rings is 1. The van der Waals surface area contributed by atoms with E-state index in [1.165, 1.54) is 0 Å². The van der Waals surface area contributed by atoms with Crippen molar-refractivity contribution in [1.82, 2.24) is 24.6 Å². The van der Waals surface area contributed by atoms with Gasteiger partial charge in [0, 0.05) is 56.8 Å². The second-order valence-electron chi connectivity index (χ2n) is 13.8. The third-order valence-electron chi connectivity index (χ3n) is 9.79. The first-order chi connectivity index (χ1) is 23.9. The van der Waals surface area contributed by atoms with Crippen molar-refractivity contribution in [3.63, 3.8) is 0 Å². The summed E-state index contributed by atoms with van der Waals surface area (Å²) >= 11 is 0. The summed E-state index contributed by atoms with van der Waals surface area (Å²) < 4.78 is 51.0. The molecule has 1 spiro atoms. The fraction of sp³-hybridized carbons (Fsp3) is 0.389. The Morgan fingerprint density at radius 3 is 2.48 bits per heavy atom. The monoisotopic (exact) mass is 681 g/mol. The molecule has 3 aliphatic rings. The average molecular weight is 682 g/mol. The Morgan fingerprint density at radius 1 is 1.10 bits per heavy atom. The van der Waals surface area contributed by atoms with Gasteiger partial charge in [-0.05, 0) is 77.6 Å². The van der Waals surface area contributed by atoms with Gasteiger partial charge in [-0.1, -0.05) is 0 Å². The lowest BCUT2D eigenvalue weighted by molar-refractivity contribution is -0.191. The molecule has 0 radical (unpaired) electrons. The van der Waals surface area contributed by atoms with Gasteiger partial charge >= 0.3 is 6.18 Å². The number of likely N-dealkylation sites (tertiary alicyclic amines) is 1. The van der Waals surface area contributed by atoms with Crippen molar-refractivity contribution in [2.45, 2.75) is 44.1 Å². The second-order valence-corrected chi connectivity index (χ2v) is 13.8. The van der Waals surface area contributed by atoms with E-state index in [1.54, 1.807) is 66.3 Å². The Balaban J connectivity index is 1.27. The van der Waals surface area contributed by atoms with Crippen molar-refractivity contribution in [2.75, 3.05) is 43.6 Å². The number of nitrogens with one attached hydrogen (secondary N) is 1. The van der Waals surface area contributed by atoms with Crippen LogP contribution in [0.5, 0.6) is 0 Å². The van der Waals surface area contributed by atoms with Crippen LogP contribution < -0.4 is 10.2 Å². The van der Waals surface area contributed by atoms with Crippen molar-refractivity contribution in [2.24, 2.45) is 12.5 Å². The van der Waals surface area contributed by atoms with Gasteiger partial charge in [0.1, 0.15) is 24.2 Å². The summed E-state index contributed by atoms with van der Waals surface area (Å²) in [6, 6.07) is 15.8. The highest BCUT2D eigenvalue weighted by atomic mass is 19.4. The Kier molecular flexibility index (Phi) is 8.33. The molecule has 50 heavy (non-hydrogen) atoms. The van der Waals surface area contributed by atoms with Gasteiger partial charge in [-0.2, -0.15) is 23.7 Å². The van der Waals surface area contributed by atoms with Crippen molar-refractivity contribution < 1.29 is 22.7 Å². The van der Waals surface area contributed by atoms with Crippen LogP contribution in [0.25, 0.3) is 22.5 Å². The summed E-state index contributed by atoms with van der Waals surface area (Å²) in [5.41, 5.74) is 1.38. The van der Waals surface area contributed by atoms with Gasteiger partial charge in [0.2, 0.25) is 0 Å². The zero-order valence-electron chi connectivity index (χ0n) is 27.6. The van der Waals surface area contributed by atoms with Crippen molar-refractivity contribution in [3.8, 4) is 34.7 Å². The minimum atomic E-state index is -4.71. The molecule has 0 unspecified atom stereocenters. The van der Waals surface area contributed by atoms with E-state index in [0.717, 1.165) is 32.0 Å². The summed E-state index contributed by atoms with van der Waals surface area (Å²) in [6.07, 6.45) is -0.873. The maximum absolute atomic E-state index is 14.7. The lowest BCUT2D eigenvalue weighted by Gasteiger charge is -2.55. The predicted molar refractivity (Wildman–Crippen MR) is 178 cm³/mol. The summed E-state index contributed by atoms with van der Waals surface area (Å²) in [4.78, 5) is 20.8. The van der Waals surface area contributed by atoms with Gasteiger partial charge in [0.15, 0.2) is 5.82 Å². The van der Waals surface area contributed by atoms with Crippen LogP contribution in [0.3, 0.4) is 0 Å². The van der Waals surface area contributed by atoms with Crippen LogP contribution in [0.15, 0.2) is 48.8 Å². The normalized spacial score (nSPS) is 17.3. The zero-order valence-corrected chi connectivity index (χ0v) is 27.6. The third-order valence-corrected chi connectivity index (χ3v) is 9.79. The van der Waals surface area contributed by atoms with E-state index in [-0.39, 0.29) is 29.5 Å². The molecular weight excluding hydrogens is 647 g/mol. The van der Waals surface area contributed by atoms with Gasteiger partial charge in [0.25, 0.3) is 0 Å². The molecule has 1 N–H and O–H groups in total. The van der Waals surface area contributed by atoms with E-state index in [1.807, 2.05) is 0 Å². The third kappa shape index (κ3) is 6.40. The number of carbonyl (C=O) groups excluding carboxylic acids is 1. The maximum atomic E-state index is 14.7. The first-order valence-corrected chi connectivity index (χ1v) is 16.2. The van der Waals surface area contributed by atoms with E-state index in [9.17, 15) is 28.5 Å². The Bertz CT molecular complexity index is 2050. The van der Waals surface area contributed by atoms with Crippen LogP contribution in [0, 0.1) is 28.1 Å². The van der Waals surface area contributed by atoms with Gasteiger partial charge in [0.05, 0.1) is 48.4 Å². The minimum Gasteiger partial charge on any atom is -0.380 e. The number of anilines is 2. The first-order valence-electron chi connectivity index (χ1n) is 16.2. The molecule has 0 atom stereocenters. The molecule has 3 fully saturated rings. The molecule has 11 nitrogen and oxygen atoms in total. The molecule has 2 aromatic heterocycles. The molecule has 1 saturated carbocycles. The summed E-state index contributed by atoms with van der Waals surface area (Å²) in [6.45, 7) is 2.87. The number of hydrogen-bond acceptors (Lipinski definition) is 10. The number of nitriles is 2. The molecular formula is C36H34F3N9O2. The minimum absolute atomic E-state index is 0.0318. The highest BCUT2D eigenvalue weighted by Gasteiger charge is 2.49. The second kappa shape index (κ2) is 12.5. The van der Waals surface area contributed by atoms with E-state index in [2.05, 4.69) is 32.6 Å². The fourth-order valence-electron chi connectivity index (χ4n) is 6.97. The topological polar surface area (TPSA) is 136 Å². The summed E-state index contributed by atoms with van der Waals surface area (Å²) in [5.74, 6) is 1.30. The van der Waals surface area contributed by atoms with Crippen LogP contribution in [-0.4, -0.2) is 69.8 Å². The van der Waals surface area contributed by atoms with Crippen molar-refractivity contribution in [3.05, 3.63) is 76.6 Å². The van der Waals surface area contributed by atoms with Crippen LogP contribution in [0.2, 0.25) is 0 Å². The number of aldehydes is 1. The smallest absolute Gasteiger partial charge is 0.380 e. The molecule has 2 aliphatic heterocycles. The fourth-order valence-corrected chi connectivity index (χ4v) is 6.97. The van der Waals surface area contributed by atoms with E-state index in [0.29, 0.717) is 71.3 Å². The molecule has 1 aliphatic carbocycles. The molecule has 0 amide bonds. The number of benzene rings is 2. The molecule has 14 heteroatoms. The van der Waals surface area contributed by atoms with Crippen molar-refractivity contribution >= 4 is 17.9 Å². The molecule has 7 rings (SSSR count). The number of aryl methyl sites for hydroxylation is 1. The largest absolute Gasteiger partial charge is 0.416 e. The Labute approximate surface area is 286 Å². The number of rotatable bonds is 11. The van der Waals surface area contributed by atoms with E-state index < -0.39 is 17.3 Å². The molecule has 2 aromatic carbocycles. The average Bonchev–Trinajstić information content (AvgIpc) is 3.67. The van der Waals surface area contributed by atoms with Gasteiger partial charge in [-0.15, -0.1) is 10.2 Å². The Morgan fingerprint density at radius 2 is 1.88 bits per heavy atom. The van der Waals surface area contributed by atoms with E-state index in [4.69, 9.17) is 9.72 Å². The van der Waals surface area contributed by atoms with Crippen molar-refractivity contribution in [1.29, 1.82) is 10.5 Å². The Hall–Kier alpha value is -5.31. The quantitative estimate of drug-likeness (QED) is 0.200. The molecule has 256 valence electrons. The lowest BCUT2D eigenvalue weighted by Crippen LogP contribution is -2.65. The SMILES string of the molecule is CN(Cc1c(C=O)cc(CN2CC3(COC3)C2)cc1C(F)(F)F)c1cc(-c2cc(C#N)ccc2-c2nncn2C)cc(NC2(CC#N)CC2)n1. The van der Waals surface area contributed by atoms with Gasteiger partial charge < -0.3 is 19.5 Å². The highest BCUT2D eigenvalue weighted by Crippen LogP contribution is 2.44. The molecule has 2 saturated heterocycles. The number of aromatic nitrogens is 4. The van der Waals surface area contributed by atoms with Crippen LogP contribution in [0.4, 0.5) is 24.8 Å². The molecule has 4 aromatic rings. The summed E-state index contributed by atoms with van der Waals surface area (Å²) in [5, 5.41) is 30.9. The molecule has 4 heterocycles.